The first kappa shape index (κ1) is 18.7. The third-order valence-corrected chi connectivity index (χ3v) is 6.64. The van der Waals surface area contributed by atoms with Gasteiger partial charge in [-0.05, 0) is 38.0 Å². The highest BCUT2D eigenvalue weighted by Gasteiger charge is 2.34. The van der Waals surface area contributed by atoms with Crippen LogP contribution in [0.5, 0.6) is 0 Å². The molecule has 0 amide bonds. The van der Waals surface area contributed by atoms with Crippen LogP contribution in [0, 0.1) is 6.92 Å². The van der Waals surface area contributed by atoms with Crippen LogP contribution in [0.25, 0.3) is 27.9 Å². The van der Waals surface area contributed by atoms with Gasteiger partial charge in [-0.2, -0.15) is 0 Å². The minimum absolute atomic E-state index is 0.428. The molecule has 2 aliphatic rings. The number of rotatable bonds is 4. The van der Waals surface area contributed by atoms with Crippen molar-refractivity contribution >= 4 is 22.6 Å². The van der Waals surface area contributed by atoms with Crippen molar-refractivity contribution in [3.8, 4) is 11.3 Å². The minimum atomic E-state index is 0.428. The Morgan fingerprint density at radius 1 is 1.10 bits per heavy atom. The van der Waals surface area contributed by atoms with Gasteiger partial charge in [0.2, 0.25) is 5.95 Å². The lowest BCUT2D eigenvalue weighted by Gasteiger charge is -2.44. The van der Waals surface area contributed by atoms with E-state index in [4.69, 9.17) is 9.72 Å². The van der Waals surface area contributed by atoms with Crippen LogP contribution >= 0.6 is 0 Å². The second kappa shape index (κ2) is 7.28. The topological polar surface area (TPSA) is 85.4 Å². The Morgan fingerprint density at radius 2 is 1.94 bits per heavy atom. The second-order valence-corrected chi connectivity index (χ2v) is 8.51. The highest BCUT2D eigenvalue weighted by Crippen LogP contribution is 2.29. The Labute approximate surface area is 180 Å². The summed E-state index contributed by atoms with van der Waals surface area (Å²) in [6, 6.07) is 7.16. The van der Waals surface area contributed by atoms with Gasteiger partial charge in [0.05, 0.1) is 30.6 Å². The SMILES string of the molecule is Cc1nc2ccc(-c3ccn4nc(N[C@H]5C[C@H](N6CCOCC6)C5)ncc34)nc2n1C. The predicted molar refractivity (Wildman–Crippen MR) is 118 cm³/mol. The number of hydrogen-bond acceptors (Lipinski definition) is 7. The molecule has 0 aromatic carbocycles. The first-order valence-corrected chi connectivity index (χ1v) is 10.9. The first-order chi connectivity index (χ1) is 15.2. The summed E-state index contributed by atoms with van der Waals surface area (Å²) >= 11 is 0. The summed E-state index contributed by atoms with van der Waals surface area (Å²) < 4.78 is 9.35. The van der Waals surface area contributed by atoms with E-state index in [-0.39, 0.29) is 0 Å². The van der Waals surface area contributed by atoms with Crippen LogP contribution in [0.2, 0.25) is 0 Å². The van der Waals surface area contributed by atoms with E-state index >= 15 is 0 Å². The van der Waals surface area contributed by atoms with Crippen molar-refractivity contribution in [3.05, 3.63) is 36.4 Å². The summed E-state index contributed by atoms with van der Waals surface area (Å²) in [5.74, 6) is 1.62. The van der Waals surface area contributed by atoms with Crippen molar-refractivity contribution in [2.45, 2.75) is 31.8 Å². The van der Waals surface area contributed by atoms with Crippen molar-refractivity contribution in [1.82, 2.24) is 34.0 Å². The maximum Gasteiger partial charge on any atom is 0.241 e. The van der Waals surface area contributed by atoms with Gasteiger partial charge in [0, 0.05) is 44.0 Å². The molecule has 0 atom stereocenters. The molecule has 9 heteroatoms. The molecule has 0 bridgehead atoms. The summed E-state index contributed by atoms with van der Waals surface area (Å²) in [6.07, 6.45) is 6.11. The van der Waals surface area contributed by atoms with Gasteiger partial charge in [0.25, 0.3) is 0 Å². The molecular formula is C22H26N8O. The van der Waals surface area contributed by atoms with E-state index in [2.05, 4.69) is 25.3 Å². The molecular weight excluding hydrogens is 392 g/mol. The monoisotopic (exact) mass is 418 g/mol. The van der Waals surface area contributed by atoms with Crippen LogP contribution in [0.4, 0.5) is 5.95 Å². The van der Waals surface area contributed by atoms with Gasteiger partial charge in [0.1, 0.15) is 11.3 Å². The van der Waals surface area contributed by atoms with E-state index in [1.807, 2.05) is 53.6 Å². The van der Waals surface area contributed by atoms with Gasteiger partial charge in [0.15, 0.2) is 5.65 Å². The molecule has 160 valence electrons. The number of hydrogen-bond donors (Lipinski definition) is 1. The van der Waals surface area contributed by atoms with Crippen LogP contribution < -0.4 is 5.32 Å². The molecule has 1 aliphatic heterocycles. The zero-order chi connectivity index (χ0) is 20.9. The molecule has 0 spiro atoms. The Bertz CT molecular complexity index is 1250. The van der Waals surface area contributed by atoms with Crippen LogP contribution in [0.1, 0.15) is 18.7 Å². The average Bonchev–Trinajstić information content (AvgIpc) is 3.31. The largest absolute Gasteiger partial charge is 0.379 e. The predicted octanol–water partition coefficient (Wildman–Crippen LogP) is 2.26. The number of pyridine rings is 1. The van der Waals surface area contributed by atoms with Crippen LogP contribution in [0.3, 0.4) is 0 Å². The Balaban J connectivity index is 1.20. The molecule has 0 unspecified atom stereocenters. The maximum atomic E-state index is 5.45. The van der Waals surface area contributed by atoms with E-state index < -0.39 is 0 Å². The smallest absolute Gasteiger partial charge is 0.241 e. The molecule has 9 nitrogen and oxygen atoms in total. The third-order valence-electron chi connectivity index (χ3n) is 6.64. The number of aromatic nitrogens is 6. The molecule has 31 heavy (non-hydrogen) atoms. The molecule has 4 aromatic heterocycles. The second-order valence-electron chi connectivity index (χ2n) is 8.51. The summed E-state index contributed by atoms with van der Waals surface area (Å²) in [4.78, 5) is 16.5. The number of ether oxygens (including phenoxy) is 1. The molecule has 1 N–H and O–H groups in total. The number of imidazole rings is 1. The summed E-state index contributed by atoms with van der Waals surface area (Å²) in [5.41, 5.74) is 4.65. The lowest BCUT2D eigenvalue weighted by Crippen LogP contribution is -2.53. The van der Waals surface area contributed by atoms with Gasteiger partial charge < -0.3 is 14.6 Å². The number of nitrogens with one attached hydrogen (secondary N) is 1. The summed E-state index contributed by atoms with van der Waals surface area (Å²) in [5, 5.41) is 8.18. The fourth-order valence-electron chi connectivity index (χ4n) is 4.64. The number of anilines is 1. The maximum absolute atomic E-state index is 5.45. The third kappa shape index (κ3) is 3.24. The number of aryl methyl sites for hydroxylation is 2. The van der Waals surface area contributed by atoms with Crippen molar-refractivity contribution in [2.24, 2.45) is 7.05 Å². The molecule has 1 saturated carbocycles. The van der Waals surface area contributed by atoms with Crippen LogP contribution in [0.15, 0.2) is 30.6 Å². The van der Waals surface area contributed by atoms with Crippen LogP contribution in [-0.4, -0.2) is 72.4 Å². The highest BCUT2D eigenvalue weighted by molar-refractivity contribution is 5.82. The molecule has 4 aromatic rings. The van der Waals surface area contributed by atoms with Gasteiger partial charge in [-0.1, -0.05) is 0 Å². The molecule has 6 rings (SSSR count). The summed E-state index contributed by atoms with van der Waals surface area (Å²) in [7, 11) is 1.99. The standard InChI is InChI=1S/C22H26N8O/c1-14-24-19-4-3-18(26-21(19)28(14)2)17-5-6-30-20(17)13-23-22(27-30)25-15-11-16(12-15)29-7-9-31-10-8-29/h3-6,13,15-16H,7-12H2,1-2H3,(H,25,27)/t15-,16-. The quantitative estimate of drug-likeness (QED) is 0.544. The average molecular weight is 419 g/mol. The van der Waals surface area contributed by atoms with Crippen molar-refractivity contribution in [3.63, 3.8) is 0 Å². The van der Waals surface area contributed by atoms with E-state index in [0.717, 1.165) is 72.9 Å². The highest BCUT2D eigenvalue weighted by atomic mass is 16.5. The fourth-order valence-corrected chi connectivity index (χ4v) is 4.64. The van der Waals surface area contributed by atoms with Crippen LogP contribution in [-0.2, 0) is 11.8 Å². The van der Waals surface area contributed by atoms with Gasteiger partial charge in [-0.3, -0.25) is 4.90 Å². The zero-order valence-corrected chi connectivity index (χ0v) is 17.8. The van der Waals surface area contributed by atoms with E-state index in [0.29, 0.717) is 18.0 Å². The normalized spacial score (nSPS) is 22.1. The van der Waals surface area contributed by atoms with Crippen molar-refractivity contribution in [2.75, 3.05) is 31.6 Å². The van der Waals surface area contributed by atoms with E-state index in [1.54, 1.807) is 0 Å². The fraction of sp³-hybridized carbons (Fsp3) is 0.455. The molecule has 1 saturated heterocycles. The van der Waals surface area contributed by atoms with Gasteiger partial charge >= 0.3 is 0 Å². The Morgan fingerprint density at radius 3 is 2.77 bits per heavy atom. The summed E-state index contributed by atoms with van der Waals surface area (Å²) in [6.45, 7) is 5.79. The number of morpholine rings is 1. The lowest BCUT2D eigenvalue weighted by atomic mass is 9.85. The molecule has 0 radical (unpaired) electrons. The van der Waals surface area contributed by atoms with Crippen molar-refractivity contribution in [1.29, 1.82) is 0 Å². The Kier molecular flexibility index (Phi) is 4.39. The number of nitrogens with zero attached hydrogens (tertiary/aromatic N) is 7. The van der Waals surface area contributed by atoms with E-state index in [1.165, 1.54) is 0 Å². The van der Waals surface area contributed by atoms with Crippen molar-refractivity contribution < 1.29 is 4.74 Å². The number of fused-ring (bicyclic) bond motifs is 2. The first-order valence-electron chi connectivity index (χ1n) is 10.9. The lowest BCUT2D eigenvalue weighted by molar-refractivity contribution is -0.00443. The molecule has 2 fully saturated rings. The van der Waals surface area contributed by atoms with Gasteiger partial charge in [-0.15, -0.1) is 5.10 Å². The molecule has 1 aliphatic carbocycles. The minimum Gasteiger partial charge on any atom is -0.379 e. The Hall–Kier alpha value is -3.04. The van der Waals surface area contributed by atoms with Gasteiger partial charge in [-0.25, -0.2) is 19.5 Å². The van der Waals surface area contributed by atoms with E-state index in [9.17, 15) is 0 Å². The molecule has 5 heterocycles. The zero-order valence-electron chi connectivity index (χ0n) is 17.8.